The number of aromatic nitrogens is 1. The van der Waals surface area contributed by atoms with Gasteiger partial charge in [-0.25, -0.2) is 4.98 Å². The lowest BCUT2D eigenvalue weighted by Crippen LogP contribution is -2.03. The highest BCUT2D eigenvalue weighted by molar-refractivity contribution is 6.00. The number of hydrogen-bond donors (Lipinski definition) is 1. The molecule has 1 aromatic carbocycles. The van der Waals surface area contributed by atoms with Crippen molar-refractivity contribution in [3.8, 4) is 0 Å². The van der Waals surface area contributed by atoms with Gasteiger partial charge in [0.05, 0.1) is 5.71 Å². The monoisotopic (exact) mass is 239 g/mol. The van der Waals surface area contributed by atoms with Crippen LogP contribution in [0.4, 0.5) is 5.82 Å². The lowest BCUT2D eigenvalue weighted by molar-refractivity contribution is 1.18. The van der Waals surface area contributed by atoms with Gasteiger partial charge in [-0.3, -0.25) is 5.43 Å². The van der Waals surface area contributed by atoms with Crippen molar-refractivity contribution in [1.82, 2.24) is 4.98 Å². The van der Waals surface area contributed by atoms with Crippen molar-refractivity contribution in [2.75, 3.05) is 5.43 Å². The molecular formula is C15H17N3. The second-order valence-electron chi connectivity index (χ2n) is 4.10. The molecule has 0 bridgehead atoms. The Hall–Kier alpha value is -2.16. The van der Waals surface area contributed by atoms with Crippen molar-refractivity contribution in [1.29, 1.82) is 0 Å². The Morgan fingerprint density at radius 2 is 1.94 bits per heavy atom. The number of aryl methyl sites for hydroxylation is 1. The normalized spacial score (nSPS) is 11.3. The standard InChI is InChI=1S/C15H17N3/c1-3-14(13-9-7-12(2)8-10-13)17-18-15-6-4-5-11-16-15/h4-11H,3H2,1-2H3,(H,16,18)/b17-14-. The maximum absolute atomic E-state index is 4.42. The topological polar surface area (TPSA) is 37.3 Å². The zero-order valence-corrected chi connectivity index (χ0v) is 10.7. The Kier molecular flexibility index (Phi) is 4.07. The molecule has 1 N–H and O–H groups in total. The zero-order chi connectivity index (χ0) is 12.8. The van der Waals surface area contributed by atoms with E-state index in [1.807, 2.05) is 18.2 Å². The predicted octanol–water partition coefficient (Wildman–Crippen LogP) is 3.62. The van der Waals surface area contributed by atoms with Gasteiger partial charge in [0.15, 0.2) is 0 Å². The first kappa shape index (κ1) is 12.3. The number of anilines is 1. The Balaban J connectivity index is 2.16. The van der Waals surface area contributed by atoms with E-state index in [0.717, 1.165) is 23.5 Å². The molecule has 0 fully saturated rings. The Morgan fingerprint density at radius 3 is 2.56 bits per heavy atom. The third kappa shape index (κ3) is 3.17. The van der Waals surface area contributed by atoms with Crippen molar-refractivity contribution in [2.45, 2.75) is 20.3 Å². The first-order valence-corrected chi connectivity index (χ1v) is 6.10. The van der Waals surface area contributed by atoms with Gasteiger partial charge in [-0.1, -0.05) is 42.8 Å². The van der Waals surface area contributed by atoms with Crippen LogP contribution in [0.3, 0.4) is 0 Å². The third-order valence-corrected chi connectivity index (χ3v) is 2.69. The SMILES string of the molecule is CC/C(=N/Nc1ccccn1)c1ccc(C)cc1. The van der Waals surface area contributed by atoms with Gasteiger partial charge in [-0.2, -0.15) is 5.10 Å². The van der Waals surface area contributed by atoms with E-state index in [4.69, 9.17) is 0 Å². The molecule has 3 heteroatoms. The largest absolute Gasteiger partial charge is 0.261 e. The maximum Gasteiger partial charge on any atom is 0.146 e. The van der Waals surface area contributed by atoms with Crippen LogP contribution in [0.15, 0.2) is 53.8 Å². The summed E-state index contributed by atoms with van der Waals surface area (Å²) in [7, 11) is 0. The average Bonchev–Trinajstić information content (AvgIpc) is 2.42. The lowest BCUT2D eigenvalue weighted by atomic mass is 10.1. The summed E-state index contributed by atoms with van der Waals surface area (Å²) in [5.74, 6) is 0.760. The lowest BCUT2D eigenvalue weighted by Gasteiger charge is -2.05. The van der Waals surface area contributed by atoms with Crippen LogP contribution in [0.1, 0.15) is 24.5 Å². The zero-order valence-electron chi connectivity index (χ0n) is 10.7. The summed E-state index contributed by atoms with van der Waals surface area (Å²) < 4.78 is 0. The van der Waals surface area contributed by atoms with Gasteiger partial charge >= 0.3 is 0 Å². The highest BCUT2D eigenvalue weighted by Crippen LogP contribution is 2.08. The molecule has 92 valence electrons. The quantitative estimate of drug-likeness (QED) is 0.653. The summed E-state index contributed by atoms with van der Waals surface area (Å²) in [6, 6.07) is 14.1. The molecule has 0 aliphatic carbocycles. The maximum atomic E-state index is 4.42. The predicted molar refractivity (Wildman–Crippen MR) is 75.9 cm³/mol. The van der Waals surface area contributed by atoms with Crippen LogP contribution < -0.4 is 5.43 Å². The van der Waals surface area contributed by atoms with Gasteiger partial charge in [0.1, 0.15) is 5.82 Å². The Labute approximate surface area is 108 Å². The highest BCUT2D eigenvalue weighted by atomic mass is 15.3. The molecule has 0 amide bonds. The van der Waals surface area contributed by atoms with Crippen molar-refractivity contribution < 1.29 is 0 Å². The Bertz CT molecular complexity index is 515. The molecule has 0 radical (unpaired) electrons. The van der Waals surface area contributed by atoms with Gasteiger partial charge in [-0.15, -0.1) is 0 Å². The van der Waals surface area contributed by atoms with Crippen molar-refractivity contribution in [3.63, 3.8) is 0 Å². The summed E-state index contributed by atoms with van der Waals surface area (Å²) in [6.45, 7) is 4.18. The summed E-state index contributed by atoms with van der Waals surface area (Å²) >= 11 is 0. The number of pyridine rings is 1. The average molecular weight is 239 g/mol. The van der Waals surface area contributed by atoms with Gasteiger partial charge in [0.2, 0.25) is 0 Å². The summed E-state index contributed by atoms with van der Waals surface area (Å²) in [5.41, 5.74) is 6.42. The Morgan fingerprint density at radius 1 is 1.17 bits per heavy atom. The van der Waals surface area contributed by atoms with E-state index in [-0.39, 0.29) is 0 Å². The van der Waals surface area contributed by atoms with E-state index in [1.165, 1.54) is 5.56 Å². The minimum absolute atomic E-state index is 0.760. The number of hydrazone groups is 1. The van der Waals surface area contributed by atoms with Crippen LogP contribution in [-0.4, -0.2) is 10.7 Å². The fraction of sp³-hybridized carbons (Fsp3) is 0.200. The van der Waals surface area contributed by atoms with Crippen molar-refractivity contribution in [2.24, 2.45) is 5.10 Å². The van der Waals surface area contributed by atoms with E-state index >= 15 is 0 Å². The molecule has 3 nitrogen and oxygen atoms in total. The number of hydrogen-bond acceptors (Lipinski definition) is 3. The van der Waals surface area contributed by atoms with E-state index in [0.29, 0.717) is 0 Å². The van der Waals surface area contributed by atoms with E-state index in [9.17, 15) is 0 Å². The van der Waals surface area contributed by atoms with Crippen molar-refractivity contribution >= 4 is 11.5 Å². The smallest absolute Gasteiger partial charge is 0.146 e. The third-order valence-electron chi connectivity index (χ3n) is 2.69. The summed E-state index contributed by atoms with van der Waals surface area (Å²) in [4.78, 5) is 4.17. The second kappa shape index (κ2) is 5.96. The van der Waals surface area contributed by atoms with Crippen LogP contribution in [0, 0.1) is 6.92 Å². The molecule has 0 saturated heterocycles. The molecule has 0 saturated carbocycles. The van der Waals surface area contributed by atoms with Crippen LogP contribution in [0.5, 0.6) is 0 Å². The fourth-order valence-corrected chi connectivity index (χ4v) is 1.65. The van der Waals surface area contributed by atoms with E-state index in [1.54, 1.807) is 6.20 Å². The molecular weight excluding hydrogens is 222 g/mol. The molecule has 0 spiro atoms. The molecule has 0 unspecified atom stereocenters. The molecule has 18 heavy (non-hydrogen) atoms. The number of nitrogens with zero attached hydrogens (tertiary/aromatic N) is 2. The van der Waals surface area contributed by atoms with Gasteiger partial charge in [0.25, 0.3) is 0 Å². The van der Waals surface area contributed by atoms with Crippen LogP contribution in [0.25, 0.3) is 0 Å². The van der Waals surface area contributed by atoms with Gasteiger partial charge in [0, 0.05) is 6.20 Å². The molecule has 0 aliphatic heterocycles. The second-order valence-corrected chi connectivity index (χ2v) is 4.10. The van der Waals surface area contributed by atoms with Crippen LogP contribution in [0.2, 0.25) is 0 Å². The molecule has 1 heterocycles. The molecule has 1 aromatic heterocycles. The van der Waals surface area contributed by atoms with Crippen molar-refractivity contribution in [3.05, 3.63) is 59.8 Å². The molecule has 0 atom stereocenters. The van der Waals surface area contributed by atoms with Gasteiger partial charge in [-0.05, 0) is 31.0 Å². The first-order chi connectivity index (χ1) is 8.79. The van der Waals surface area contributed by atoms with Gasteiger partial charge < -0.3 is 0 Å². The minimum Gasteiger partial charge on any atom is -0.261 e. The molecule has 2 rings (SSSR count). The minimum atomic E-state index is 0.760. The fourth-order valence-electron chi connectivity index (χ4n) is 1.65. The van der Waals surface area contributed by atoms with E-state index < -0.39 is 0 Å². The van der Waals surface area contributed by atoms with Crippen LogP contribution in [-0.2, 0) is 0 Å². The molecule has 0 aliphatic rings. The van der Waals surface area contributed by atoms with Crippen LogP contribution >= 0.6 is 0 Å². The summed E-state index contributed by atoms with van der Waals surface area (Å²) in [5, 5.41) is 4.42. The number of rotatable bonds is 4. The highest BCUT2D eigenvalue weighted by Gasteiger charge is 2.00. The van der Waals surface area contributed by atoms with E-state index in [2.05, 4.69) is 53.6 Å². The summed E-state index contributed by atoms with van der Waals surface area (Å²) in [6.07, 6.45) is 2.62. The molecule has 2 aromatic rings. The first-order valence-electron chi connectivity index (χ1n) is 6.10. The number of benzene rings is 1. The number of nitrogens with one attached hydrogen (secondary N) is 1.